The monoisotopic (exact) mass is 219 g/mol. The Bertz CT molecular complexity index is 443. The van der Waals surface area contributed by atoms with E-state index in [1.807, 2.05) is 7.05 Å². The lowest BCUT2D eigenvalue weighted by molar-refractivity contribution is 0.161. The smallest absolute Gasteiger partial charge is 0.129 e. The van der Waals surface area contributed by atoms with Crippen molar-refractivity contribution in [1.29, 1.82) is 0 Å². The fourth-order valence-electron chi connectivity index (χ4n) is 2.28. The molecule has 1 saturated carbocycles. The Morgan fingerprint density at radius 2 is 2.31 bits per heavy atom. The van der Waals surface area contributed by atoms with Crippen LogP contribution in [-0.2, 0) is 11.8 Å². The summed E-state index contributed by atoms with van der Waals surface area (Å²) in [7, 11) is 1.92. The van der Waals surface area contributed by atoms with E-state index in [1.165, 1.54) is 29.7 Å². The largest absolute Gasteiger partial charge is 0.383 e. The van der Waals surface area contributed by atoms with Gasteiger partial charge in [-0.05, 0) is 24.8 Å². The highest BCUT2D eigenvalue weighted by atomic mass is 16.5. The number of hydrogen-bond donors (Lipinski definition) is 1. The molecule has 86 valence electrons. The highest BCUT2D eigenvalue weighted by molar-refractivity contribution is 5.76. The van der Waals surface area contributed by atoms with Crippen LogP contribution >= 0.6 is 0 Å². The molecule has 3 rings (SSSR count). The van der Waals surface area contributed by atoms with Crippen molar-refractivity contribution in [2.24, 2.45) is 7.05 Å². The van der Waals surface area contributed by atoms with Crippen LogP contribution in [-0.4, -0.2) is 23.0 Å². The Kier molecular flexibility index (Phi) is 2.24. The normalized spacial score (nSPS) is 20.9. The zero-order valence-corrected chi connectivity index (χ0v) is 9.57. The summed E-state index contributed by atoms with van der Waals surface area (Å²) in [5.41, 5.74) is 9.83. The molecule has 2 heterocycles. The summed E-state index contributed by atoms with van der Waals surface area (Å²) in [4.78, 5) is 0. The summed E-state index contributed by atoms with van der Waals surface area (Å²) >= 11 is 0. The highest BCUT2D eigenvalue weighted by Gasteiger charge is 2.32. The van der Waals surface area contributed by atoms with E-state index in [9.17, 15) is 0 Å². The van der Waals surface area contributed by atoms with Crippen molar-refractivity contribution in [2.45, 2.75) is 25.2 Å². The number of anilines is 1. The third-order valence-electron chi connectivity index (χ3n) is 3.37. The number of hydrogen-bond acceptors (Lipinski definition) is 3. The molecule has 0 aromatic carbocycles. The quantitative estimate of drug-likeness (QED) is 0.823. The SMILES string of the molecule is Cn1nc(C2CC2)c(C2=CCOCC2)c1N. The molecule has 2 N–H and O–H groups in total. The van der Waals surface area contributed by atoms with Gasteiger partial charge in [-0.3, -0.25) is 4.68 Å². The zero-order valence-electron chi connectivity index (χ0n) is 9.57. The van der Waals surface area contributed by atoms with Gasteiger partial charge >= 0.3 is 0 Å². The number of nitrogen functional groups attached to an aromatic ring is 1. The van der Waals surface area contributed by atoms with Gasteiger partial charge in [-0.2, -0.15) is 5.10 Å². The molecular formula is C12H17N3O. The summed E-state index contributed by atoms with van der Waals surface area (Å²) in [6, 6.07) is 0. The molecule has 0 bridgehead atoms. The highest BCUT2D eigenvalue weighted by Crippen LogP contribution is 2.44. The lowest BCUT2D eigenvalue weighted by Gasteiger charge is -2.14. The Balaban J connectivity index is 2.06. The molecule has 16 heavy (non-hydrogen) atoms. The third kappa shape index (κ3) is 1.53. The number of aromatic nitrogens is 2. The van der Waals surface area contributed by atoms with Crippen molar-refractivity contribution in [1.82, 2.24) is 9.78 Å². The number of nitrogens with two attached hydrogens (primary N) is 1. The molecule has 0 unspecified atom stereocenters. The fourth-order valence-corrected chi connectivity index (χ4v) is 2.28. The van der Waals surface area contributed by atoms with E-state index in [2.05, 4.69) is 11.2 Å². The minimum Gasteiger partial charge on any atom is -0.383 e. The Hall–Kier alpha value is -1.29. The van der Waals surface area contributed by atoms with E-state index in [0.717, 1.165) is 18.8 Å². The van der Waals surface area contributed by atoms with Crippen LogP contribution in [0.15, 0.2) is 6.08 Å². The third-order valence-corrected chi connectivity index (χ3v) is 3.37. The minimum absolute atomic E-state index is 0.641. The van der Waals surface area contributed by atoms with E-state index in [4.69, 9.17) is 10.5 Å². The van der Waals surface area contributed by atoms with Gasteiger partial charge in [0.15, 0.2) is 0 Å². The van der Waals surface area contributed by atoms with E-state index in [1.54, 1.807) is 4.68 Å². The van der Waals surface area contributed by atoms with Crippen molar-refractivity contribution < 1.29 is 4.74 Å². The second-order valence-electron chi connectivity index (χ2n) is 4.60. The Labute approximate surface area is 95.1 Å². The van der Waals surface area contributed by atoms with E-state index < -0.39 is 0 Å². The molecule has 0 atom stereocenters. The van der Waals surface area contributed by atoms with E-state index in [0.29, 0.717) is 12.5 Å². The lowest BCUT2D eigenvalue weighted by atomic mass is 9.99. The number of ether oxygens (including phenoxy) is 1. The van der Waals surface area contributed by atoms with Crippen LogP contribution in [0.4, 0.5) is 5.82 Å². The zero-order chi connectivity index (χ0) is 11.1. The standard InChI is InChI=1S/C12H17N3O/c1-15-12(13)10(8-4-6-16-7-5-8)11(14-15)9-2-3-9/h4,9H,2-3,5-7,13H2,1H3. The number of nitrogens with zero attached hydrogens (tertiary/aromatic N) is 2. The van der Waals surface area contributed by atoms with Crippen LogP contribution in [0.2, 0.25) is 0 Å². The Morgan fingerprint density at radius 3 is 2.94 bits per heavy atom. The average molecular weight is 219 g/mol. The Morgan fingerprint density at radius 1 is 1.50 bits per heavy atom. The summed E-state index contributed by atoms with van der Waals surface area (Å²) < 4.78 is 7.14. The van der Waals surface area contributed by atoms with Crippen LogP contribution in [0.5, 0.6) is 0 Å². The van der Waals surface area contributed by atoms with Crippen LogP contribution in [0.25, 0.3) is 5.57 Å². The molecular weight excluding hydrogens is 202 g/mol. The first-order valence-electron chi connectivity index (χ1n) is 5.87. The van der Waals surface area contributed by atoms with Crippen molar-refractivity contribution in [3.8, 4) is 0 Å². The molecule has 1 aromatic rings. The second kappa shape index (κ2) is 3.63. The summed E-state index contributed by atoms with van der Waals surface area (Å²) in [5, 5.41) is 4.56. The lowest BCUT2D eigenvalue weighted by Crippen LogP contribution is -2.06. The molecule has 1 aromatic heterocycles. The summed E-state index contributed by atoms with van der Waals surface area (Å²) in [5.74, 6) is 1.44. The van der Waals surface area contributed by atoms with Gasteiger partial charge in [0.05, 0.1) is 18.9 Å². The molecule has 0 amide bonds. The van der Waals surface area contributed by atoms with Crippen molar-refractivity contribution in [3.63, 3.8) is 0 Å². The van der Waals surface area contributed by atoms with Crippen molar-refractivity contribution >= 4 is 11.4 Å². The molecule has 1 aliphatic heterocycles. The van der Waals surface area contributed by atoms with E-state index >= 15 is 0 Å². The average Bonchev–Trinajstić information content (AvgIpc) is 3.09. The van der Waals surface area contributed by atoms with Gasteiger partial charge in [-0.1, -0.05) is 6.08 Å². The maximum atomic E-state index is 6.12. The summed E-state index contributed by atoms with van der Waals surface area (Å²) in [6.07, 6.45) is 5.61. The van der Waals surface area contributed by atoms with Gasteiger partial charge in [0.1, 0.15) is 5.82 Å². The minimum atomic E-state index is 0.641. The molecule has 0 radical (unpaired) electrons. The van der Waals surface area contributed by atoms with Gasteiger partial charge < -0.3 is 10.5 Å². The van der Waals surface area contributed by atoms with E-state index in [-0.39, 0.29) is 0 Å². The molecule has 4 heteroatoms. The van der Waals surface area contributed by atoms with Crippen LogP contribution in [0.3, 0.4) is 0 Å². The predicted molar refractivity (Wildman–Crippen MR) is 63.0 cm³/mol. The van der Waals surface area contributed by atoms with Crippen LogP contribution in [0.1, 0.15) is 36.4 Å². The van der Waals surface area contributed by atoms with Gasteiger partial charge in [0.25, 0.3) is 0 Å². The van der Waals surface area contributed by atoms with Crippen LogP contribution in [0, 0.1) is 0 Å². The van der Waals surface area contributed by atoms with Gasteiger partial charge in [0.2, 0.25) is 0 Å². The maximum absolute atomic E-state index is 6.12. The van der Waals surface area contributed by atoms with Crippen molar-refractivity contribution in [2.75, 3.05) is 18.9 Å². The molecule has 4 nitrogen and oxygen atoms in total. The molecule has 1 aliphatic carbocycles. The first-order valence-corrected chi connectivity index (χ1v) is 5.87. The first-order chi connectivity index (χ1) is 7.77. The van der Waals surface area contributed by atoms with Gasteiger partial charge in [0, 0.05) is 18.5 Å². The molecule has 0 saturated heterocycles. The fraction of sp³-hybridized carbons (Fsp3) is 0.583. The number of rotatable bonds is 2. The van der Waals surface area contributed by atoms with Gasteiger partial charge in [-0.15, -0.1) is 0 Å². The molecule has 1 fully saturated rings. The first kappa shape index (κ1) is 9.90. The second-order valence-corrected chi connectivity index (χ2v) is 4.60. The topological polar surface area (TPSA) is 53.1 Å². The molecule has 2 aliphatic rings. The van der Waals surface area contributed by atoms with Crippen LogP contribution < -0.4 is 5.73 Å². The molecule has 0 spiro atoms. The summed E-state index contributed by atoms with van der Waals surface area (Å²) in [6.45, 7) is 1.50. The van der Waals surface area contributed by atoms with Gasteiger partial charge in [-0.25, -0.2) is 0 Å². The number of aryl methyl sites for hydroxylation is 1. The van der Waals surface area contributed by atoms with Crippen molar-refractivity contribution in [3.05, 3.63) is 17.3 Å². The maximum Gasteiger partial charge on any atom is 0.129 e. The predicted octanol–water partition coefficient (Wildman–Crippen LogP) is 1.68.